The number of esters is 1. The molecule has 0 aromatic heterocycles. The van der Waals surface area contributed by atoms with Crippen molar-refractivity contribution in [2.45, 2.75) is 70.5 Å². The molecule has 0 bridgehead atoms. The number of hydrogen-bond acceptors (Lipinski definition) is 5. The molecule has 2 aliphatic rings. The number of ether oxygens (including phenoxy) is 1. The molecule has 3 rings (SSSR count). The van der Waals surface area contributed by atoms with Gasteiger partial charge in [-0.2, -0.15) is 0 Å². The number of allylic oxidation sites excluding steroid dienone is 1. The first-order valence-electron chi connectivity index (χ1n) is 10.7. The van der Waals surface area contributed by atoms with Crippen LogP contribution in [-0.4, -0.2) is 33.2 Å². The van der Waals surface area contributed by atoms with Crippen LogP contribution in [0.15, 0.2) is 35.6 Å². The van der Waals surface area contributed by atoms with Gasteiger partial charge < -0.3 is 20.1 Å². The summed E-state index contributed by atoms with van der Waals surface area (Å²) in [4.78, 5) is 24.1. The van der Waals surface area contributed by atoms with E-state index in [4.69, 9.17) is 9.84 Å². The summed E-state index contributed by atoms with van der Waals surface area (Å²) >= 11 is 0. The standard InChI is InChI=1S/C23H31NO6/c1-14(2)12-17(15-8-7-9-16(13-15)24-22(26)27)20-21(25)30-19-11-6-4-3-5-10-18(19)23(20,28)29/h7-9,13-14,17,20,24,28-29H,3-6,10-12H2,1-2H3,(H,26,27). The number of carbonyl (C=O) groups excluding carboxylic acids is 1. The molecule has 0 fully saturated rings. The number of anilines is 1. The second-order valence-corrected chi connectivity index (χ2v) is 8.73. The second kappa shape index (κ2) is 9.18. The van der Waals surface area contributed by atoms with Crippen molar-refractivity contribution in [2.75, 3.05) is 5.32 Å². The minimum Gasteiger partial charge on any atom is -0.465 e. The second-order valence-electron chi connectivity index (χ2n) is 8.73. The van der Waals surface area contributed by atoms with Gasteiger partial charge in [0.15, 0.2) is 0 Å². The Balaban J connectivity index is 2.03. The molecule has 1 aromatic rings. The minimum absolute atomic E-state index is 0.169. The Bertz CT molecular complexity index is 829. The number of nitrogens with one attached hydrogen (secondary N) is 1. The van der Waals surface area contributed by atoms with Gasteiger partial charge >= 0.3 is 12.1 Å². The third kappa shape index (κ3) is 4.84. The van der Waals surface area contributed by atoms with Crippen LogP contribution in [0.1, 0.15) is 70.3 Å². The lowest BCUT2D eigenvalue weighted by Gasteiger charge is -2.42. The Morgan fingerprint density at radius 2 is 1.90 bits per heavy atom. The van der Waals surface area contributed by atoms with Crippen molar-refractivity contribution in [3.8, 4) is 0 Å². The first kappa shape index (κ1) is 22.3. The predicted octanol–water partition coefficient (Wildman–Crippen LogP) is 4.37. The third-order valence-corrected chi connectivity index (χ3v) is 5.97. The quantitative estimate of drug-likeness (QED) is 0.418. The van der Waals surface area contributed by atoms with Crippen LogP contribution in [0, 0.1) is 11.8 Å². The number of aliphatic hydroxyl groups is 2. The first-order chi connectivity index (χ1) is 14.2. The van der Waals surface area contributed by atoms with Crippen LogP contribution in [0.2, 0.25) is 0 Å². The highest BCUT2D eigenvalue weighted by Gasteiger charge is 2.53. The van der Waals surface area contributed by atoms with E-state index in [0.717, 1.165) is 25.7 Å². The number of benzene rings is 1. The number of carboxylic acid groups (broad SMARTS) is 1. The average molecular weight is 418 g/mol. The highest BCUT2D eigenvalue weighted by Crippen LogP contribution is 2.47. The summed E-state index contributed by atoms with van der Waals surface area (Å²) in [5.74, 6) is -4.08. The Hall–Kier alpha value is -2.38. The number of amides is 1. The fourth-order valence-corrected chi connectivity index (χ4v) is 4.66. The molecule has 1 aliphatic heterocycles. The van der Waals surface area contributed by atoms with Crippen molar-refractivity contribution >= 4 is 17.7 Å². The summed E-state index contributed by atoms with van der Waals surface area (Å²) in [6.45, 7) is 3.99. The van der Waals surface area contributed by atoms with Crippen molar-refractivity contribution < 1.29 is 29.6 Å². The van der Waals surface area contributed by atoms with Gasteiger partial charge in [-0.15, -0.1) is 0 Å². The number of hydrogen-bond donors (Lipinski definition) is 4. The zero-order chi connectivity index (χ0) is 21.9. The van der Waals surface area contributed by atoms with Crippen LogP contribution in [0.25, 0.3) is 0 Å². The van der Waals surface area contributed by atoms with Crippen LogP contribution >= 0.6 is 0 Å². The molecule has 164 valence electrons. The highest BCUT2D eigenvalue weighted by atomic mass is 16.6. The summed E-state index contributed by atoms with van der Waals surface area (Å²) in [6.07, 6.45) is 4.05. The molecular formula is C23H31NO6. The molecule has 30 heavy (non-hydrogen) atoms. The first-order valence-corrected chi connectivity index (χ1v) is 10.7. The third-order valence-electron chi connectivity index (χ3n) is 5.97. The molecule has 2 atom stereocenters. The predicted molar refractivity (Wildman–Crippen MR) is 112 cm³/mol. The van der Waals surface area contributed by atoms with Crippen LogP contribution in [0.4, 0.5) is 10.5 Å². The Labute approximate surface area is 176 Å². The lowest BCUT2D eigenvalue weighted by molar-refractivity contribution is -0.207. The SMILES string of the molecule is CC(C)CC(c1cccc(NC(=O)O)c1)C1C(=O)OC2=C(CCCCCC2)C1(O)O. The van der Waals surface area contributed by atoms with Gasteiger partial charge in [0.1, 0.15) is 11.7 Å². The van der Waals surface area contributed by atoms with Gasteiger partial charge in [0, 0.05) is 23.6 Å². The van der Waals surface area contributed by atoms with Crippen LogP contribution < -0.4 is 5.32 Å². The molecule has 4 N–H and O–H groups in total. The molecule has 1 aliphatic carbocycles. The van der Waals surface area contributed by atoms with E-state index in [1.54, 1.807) is 24.3 Å². The molecular weight excluding hydrogens is 386 g/mol. The van der Waals surface area contributed by atoms with Gasteiger partial charge in [0.05, 0.1) is 0 Å². The van der Waals surface area contributed by atoms with E-state index in [1.807, 2.05) is 13.8 Å². The van der Waals surface area contributed by atoms with E-state index in [9.17, 15) is 19.8 Å². The van der Waals surface area contributed by atoms with E-state index < -0.39 is 29.7 Å². The van der Waals surface area contributed by atoms with Crippen molar-refractivity contribution in [1.82, 2.24) is 0 Å². The molecule has 0 radical (unpaired) electrons. The van der Waals surface area contributed by atoms with Crippen molar-refractivity contribution in [3.05, 3.63) is 41.2 Å². The van der Waals surface area contributed by atoms with Crippen LogP contribution in [-0.2, 0) is 9.53 Å². The smallest absolute Gasteiger partial charge is 0.409 e. The lowest BCUT2D eigenvalue weighted by Crippen LogP contribution is -2.51. The summed E-state index contributed by atoms with van der Waals surface area (Å²) < 4.78 is 5.66. The van der Waals surface area contributed by atoms with Crippen LogP contribution in [0.5, 0.6) is 0 Å². The normalized spacial score (nSPS) is 22.6. The largest absolute Gasteiger partial charge is 0.465 e. The van der Waals surface area contributed by atoms with Gasteiger partial charge in [-0.3, -0.25) is 10.1 Å². The molecule has 7 nitrogen and oxygen atoms in total. The summed E-state index contributed by atoms with van der Waals surface area (Å²) in [7, 11) is 0. The van der Waals surface area contributed by atoms with Crippen molar-refractivity contribution in [2.24, 2.45) is 11.8 Å². The van der Waals surface area contributed by atoms with Crippen molar-refractivity contribution in [3.63, 3.8) is 0 Å². The molecule has 1 aromatic carbocycles. The van der Waals surface area contributed by atoms with Crippen LogP contribution in [0.3, 0.4) is 0 Å². The maximum absolute atomic E-state index is 13.0. The van der Waals surface area contributed by atoms with Gasteiger partial charge in [-0.1, -0.05) is 38.8 Å². The molecule has 0 spiro atoms. The van der Waals surface area contributed by atoms with E-state index in [0.29, 0.717) is 41.8 Å². The molecule has 0 saturated carbocycles. The highest BCUT2D eigenvalue weighted by molar-refractivity contribution is 5.83. The molecule has 0 saturated heterocycles. The minimum atomic E-state index is -2.29. The molecule has 1 amide bonds. The van der Waals surface area contributed by atoms with Gasteiger partial charge in [0.25, 0.3) is 0 Å². The number of rotatable bonds is 5. The maximum Gasteiger partial charge on any atom is 0.409 e. The fourth-order valence-electron chi connectivity index (χ4n) is 4.66. The average Bonchev–Trinajstić information content (AvgIpc) is 2.61. The number of carbonyl (C=O) groups is 2. The van der Waals surface area contributed by atoms with Gasteiger partial charge in [-0.05, 0) is 49.3 Å². The zero-order valence-corrected chi connectivity index (χ0v) is 17.6. The topological polar surface area (TPSA) is 116 Å². The summed E-state index contributed by atoms with van der Waals surface area (Å²) in [5.41, 5.74) is 1.45. The van der Waals surface area contributed by atoms with E-state index in [1.165, 1.54) is 0 Å². The van der Waals surface area contributed by atoms with Crippen molar-refractivity contribution in [1.29, 1.82) is 0 Å². The Morgan fingerprint density at radius 3 is 2.57 bits per heavy atom. The Morgan fingerprint density at radius 1 is 1.20 bits per heavy atom. The van der Waals surface area contributed by atoms with Gasteiger partial charge in [-0.25, -0.2) is 4.79 Å². The Kier molecular flexibility index (Phi) is 6.83. The molecule has 1 heterocycles. The van der Waals surface area contributed by atoms with E-state index in [2.05, 4.69) is 5.32 Å². The fraction of sp³-hybridized carbons (Fsp3) is 0.565. The lowest BCUT2D eigenvalue weighted by atomic mass is 9.72. The van der Waals surface area contributed by atoms with Gasteiger partial charge in [0.2, 0.25) is 5.79 Å². The monoisotopic (exact) mass is 417 g/mol. The van der Waals surface area contributed by atoms with E-state index >= 15 is 0 Å². The maximum atomic E-state index is 13.0. The molecule has 2 unspecified atom stereocenters. The summed E-state index contributed by atoms with van der Waals surface area (Å²) in [6, 6.07) is 6.74. The molecule has 7 heteroatoms. The van der Waals surface area contributed by atoms with E-state index in [-0.39, 0.29) is 5.92 Å². The summed E-state index contributed by atoms with van der Waals surface area (Å²) in [5, 5.41) is 33.9. The zero-order valence-electron chi connectivity index (χ0n) is 17.6.